The summed E-state index contributed by atoms with van der Waals surface area (Å²) < 4.78 is 4.96. The van der Waals surface area contributed by atoms with Crippen LogP contribution < -0.4 is 0 Å². The lowest BCUT2D eigenvalue weighted by atomic mass is 10.1. The third-order valence-electron chi connectivity index (χ3n) is 5.46. The van der Waals surface area contributed by atoms with Gasteiger partial charge in [0.15, 0.2) is 0 Å². The summed E-state index contributed by atoms with van der Waals surface area (Å²) in [6, 6.07) is 9.35. The van der Waals surface area contributed by atoms with Crippen LogP contribution in [0.15, 0.2) is 38.0 Å². The van der Waals surface area contributed by atoms with Gasteiger partial charge in [0, 0.05) is 24.2 Å². The first-order chi connectivity index (χ1) is 13.6. The van der Waals surface area contributed by atoms with Crippen molar-refractivity contribution in [1.82, 2.24) is 9.47 Å². The Morgan fingerprint density at radius 3 is 2.32 bits per heavy atom. The molecule has 28 heavy (non-hydrogen) atoms. The van der Waals surface area contributed by atoms with Gasteiger partial charge in [0.05, 0.1) is 24.2 Å². The van der Waals surface area contributed by atoms with Crippen molar-refractivity contribution < 1.29 is 0 Å². The second-order valence-corrected chi connectivity index (χ2v) is 12.4. The average Bonchev–Trinajstić information content (AvgIpc) is 3.42. The molecule has 1 aliphatic rings. The van der Waals surface area contributed by atoms with E-state index in [1.807, 2.05) is 22.7 Å². The fourth-order valence-corrected chi connectivity index (χ4v) is 7.18. The zero-order chi connectivity index (χ0) is 19.7. The lowest BCUT2D eigenvalue weighted by molar-refractivity contribution is 0.241. The Labute approximate surface area is 192 Å². The van der Waals surface area contributed by atoms with Crippen LogP contribution in [0.25, 0.3) is 10.6 Å². The predicted octanol–water partition coefficient (Wildman–Crippen LogP) is 8.31. The summed E-state index contributed by atoms with van der Waals surface area (Å²) in [6.45, 7) is 7.88. The van der Waals surface area contributed by atoms with Crippen LogP contribution >= 0.6 is 54.5 Å². The molecule has 0 radical (unpaired) electrons. The maximum absolute atomic E-state index is 3.68. The van der Waals surface area contributed by atoms with Gasteiger partial charge < -0.3 is 4.57 Å². The topological polar surface area (TPSA) is 8.17 Å². The summed E-state index contributed by atoms with van der Waals surface area (Å²) in [5, 5.41) is 0. The molecule has 1 unspecified atom stereocenters. The summed E-state index contributed by atoms with van der Waals surface area (Å²) in [6.07, 6.45) is 7.40. The van der Waals surface area contributed by atoms with E-state index in [-0.39, 0.29) is 0 Å². The third kappa shape index (κ3) is 4.08. The van der Waals surface area contributed by atoms with Gasteiger partial charge in [-0.1, -0.05) is 26.7 Å². The highest BCUT2D eigenvalue weighted by Gasteiger charge is 2.36. The van der Waals surface area contributed by atoms with E-state index in [1.165, 1.54) is 59.8 Å². The highest BCUT2D eigenvalue weighted by atomic mass is 79.9. The quantitative estimate of drug-likeness (QED) is 0.278. The van der Waals surface area contributed by atoms with E-state index in [2.05, 4.69) is 85.6 Å². The molecule has 0 spiro atoms. The Hall–Kier alpha value is -0.400. The average molecular weight is 542 g/mol. The van der Waals surface area contributed by atoms with Crippen molar-refractivity contribution >= 4 is 54.5 Å². The minimum Gasteiger partial charge on any atom is -0.346 e. The molecule has 3 aromatic rings. The highest BCUT2D eigenvalue weighted by molar-refractivity contribution is 9.11. The maximum Gasteiger partial charge on any atom is 0.0717 e. The van der Waals surface area contributed by atoms with Crippen LogP contribution in [-0.2, 0) is 13.1 Å². The number of hydrogen-bond acceptors (Lipinski definition) is 3. The molecule has 4 heterocycles. The number of aromatic nitrogens is 1. The van der Waals surface area contributed by atoms with E-state index < -0.39 is 0 Å². The first-order valence-corrected chi connectivity index (χ1v) is 13.3. The molecule has 0 saturated carbocycles. The van der Waals surface area contributed by atoms with Crippen molar-refractivity contribution in [3.05, 3.63) is 54.0 Å². The number of fused-ring (bicyclic) bond motifs is 1. The SMILES string of the molecule is CCCCN1Cc2c(cn(CCCC)c2-c2ccc(Br)s2)C1c1ccc(Br)s1. The molecule has 0 fully saturated rings. The Kier molecular flexibility index (Phi) is 6.83. The standard InChI is InChI=1S/C22H26Br2N2S2/c1-3-5-11-25-13-15-16(21(25)17-7-9-19(23)27-17)14-26(12-6-4-2)22(15)18-8-10-20(24)28-18/h7-10,13,22H,3-6,11-12,14H2,1-2H3. The van der Waals surface area contributed by atoms with Gasteiger partial charge in [0.1, 0.15) is 0 Å². The van der Waals surface area contributed by atoms with Crippen molar-refractivity contribution in [2.24, 2.45) is 0 Å². The van der Waals surface area contributed by atoms with Crippen molar-refractivity contribution in [3.8, 4) is 10.6 Å². The van der Waals surface area contributed by atoms with Gasteiger partial charge in [0.2, 0.25) is 0 Å². The van der Waals surface area contributed by atoms with Gasteiger partial charge in [0.25, 0.3) is 0 Å². The number of halogens is 2. The smallest absolute Gasteiger partial charge is 0.0717 e. The van der Waals surface area contributed by atoms with Gasteiger partial charge in [-0.15, -0.1) is 22.7 Å². The molecule has 2 nitrogen and oxygen atoms in total. The molecule has 0 bridgehead atoms. The van der Waals surface area contributed by atoms with E-state index in [4.69, 9.17) is 0 Å². The van der Waals surface area contributed by atoms with E-state index >= 15 is 0 Å². The summed E-state index contributed by atoms with van der Waals surface area (Å²) in [4.78, 5) is 5.52. The van der Waals surface area contributed by atoms with Crippen LogP contribution in [-0.4, -0.2) is 16.0 Å². The van der Waals surface area contributed by atoms with Gasteiger partial charge in [-0.25, -0.2) is 0 Å². The monoisotopic (exact) mass is 540 g/mol. The Bertz CT molecular complexity index is 940. The largest absolute Gasteiger partial charge is 0.346 e. The molecule has 4 rings (SSSR count). The fourth-order valence-electron chi connectivity index (χ4n) is 4.13. The molecule has 0 saturated heterocycles. The molecule has 6 heteroatoms. The molecule has 0 amide bonds. The minimum absolute atomic E-state index is 0.392. The van der Waals surface area contributed by atoms with Gasteiger partial charge in [-0.3, -0.25) is 4.90 Å². The molecule has 1 aliphatic heterocycles. The van der Waals surface area contributed by atoms with Crippen molar-refractivity contribution in [3.63, 3.8) is 0 Å². The number of aryl methyl sites for hydroxylation is 1. The van der Waals surface area contributed by atoms with Crippen LogP contribution in [0.5, 0.6) is 0 Å². The zero-order valence-corrected chi connectivity index (χ0v) is 21.2. The molecular formula is C22H26Br2N2S2. The highest BCUT2D eigenvalue weighted by Crippen LogP contribution is 2.47. The second kappa shape index (κ2) is 9.17. The van der Waals surface area contributed by atoms with E-state index in [0.717, 1.165) is 19.6 Å². The number of hydrogen-bond donors (Lipinski definition) is 0. The van der Waals surface area contributed by atoms with Crippen LogP contribution in [0, 0.1) is 0 Å². The number of thiophene rings is 2. The maximum atomic E-state index is 3.68. The van der Waals surface area contributed by atoms with E-state index in [1.54, 1.807) is 0 Å². The normalized spacial score (nSPS) is 16.8. The molecule has 0 aromatic carbocycles. The van der Waals surface area contributed by atoms with Crippen LogP contribution in [0.4, 0.5) is 0 Å². The minimum atomic E-state index is 0.392. The van der Waals surface area contributed by atoms with Crippen LogP contribution in [0.2, 0.25) is 0 Å². The predicted molar refractivity (Wildman–Crippen MR) is 130 cm³/mol. The van der Waals surface area contributed by atoms with E-state index in [0.29, 0.717) is 6.04 Å². The van der Waals surface area contributed by atoms with E-state index in [9.17, 15) is 0 Å². The third-order valence-corrected chi connectivity index (χ3v) is 8.77. The molecule has 3 aromatic heterocycles. The summed E-state index contributed by atoms with van der Waals surface area (Å²) in [7, 11) is 0. The van der Waals surface area contributed by atoms with Gasteiger partial charge in [-0.2, -0.15) is 0 Å². The van der Waals surface area contributed by atoms with Crippen LogP contribution in [0.3, 0.4) is 0 Å². The number of unbranched alkanes of at least 4 members (excludes halogenated alkanes) is 2. The van der Waals surface area contributed by atoms with Gasteiger partial charge >= 0.3 is 0 Å². The van der Waals surface area contributed by atoms with Gasteiger partial charge in [-0.05, 0) is 86.6 Å². The summed E-state index contributed by atoms with van der Waals surface area (Å²) in [5.41, 5.74) is 4.50. The summed E-state index contributed by atoms with van der Waals surface area (Å²) >= 11 is 11.1. The lowest BCUT2D eigenvalue weighted by Crippen LogP contribution is -2.24. The molecule has 1 atom stereocenters. The Morgan fingerprint density at radius 1 is 0.964 bits per heavy atom. The molecular weight excluding hydrogens is 516 g/mol. The first kappa shape index (κ1) is 20.9. The molecule has 0 N–H and O–H groups in total. The first-order valence-electron chi connectivity index (χ1n) is 10.1. The zero-order valence-electron chi connectivity index (χ0n) is 16.4. The Morgan fingerprint density at radius 2 is 1.68 bits per heavy atom. The number of nitrogens with zero attached hydrogens (tertiary/aromatic N) is 2. The molecule has 0 aliphatic carbocycles. The number of rotatable bonds is 8. The fraction of sp³-hybridized carbons (Fsp3) is 0.455. The second-order valence-electron chi connectivity index (χ2n) is 7.43. The lowest BCUT2D eigenvalue weighted by Gasteiger charge is -2.25. The van der Waals surface area contributed by atoms with Crippen molar-refractivity contribution in [2.75, 3.05) is 6.54 Å². The molecule has 150 valence electrons. The van der Waals surface area contributed by atoms with Crippen molar-refractivity contribution in [1.29, 1.82) is 0 Å². The van der Waals surface area contributed by atoms with Crippen LogP contribution in [0.1, 0.15) is 61.6 Å². The Balaban J connectivity index is 1.80. The summed E-state index contributed by atoms with van der Waals surface area (Å²) in [5.74, 6) is 0. The van der Waals surface area contributed by atoms with Crippen molar-refractivity contribution in [2.45, 2.75) is 58.7 Å².